The minimum absolute atomic E-state index is 0.169. The summed E-state index contributed by atoms with van der Waals surface area (Å²) in [5.41, 5.74) is 11.0. The van der Waals surface area contributed by atoms with Gasteiger partial charge in [-0.05, 0) is 25.1 Å². The highest BCUT2D eigenvalue weighted by atomic mass is 19.1. The van der Waals surface area contributed by atoms with Crippen LogP contribution in [0.25, 0.3) is 0 Å². The number of benzene rings is 1. The zero-order chi connectivity index (χ0) is 11.4. The summed E-state index contributed by atoms with van der Waals surface area (Å²) in [7, 11) is 0. The van der Waals surface area contributed by atoms with Gasteiger partial charge >= 0.3 is 0 Å². The molecule has 1 aromatic rings. The predicted octanol–water partition coefficient (Wildman–Crippen LogP) is 1.08. The van der Waals surface area contributed by atoms with Crippen molar-refractivity contribution in [3.05, 3.63) is 39.7 Å². The minimum atomic E-state index is -0.605. The van der Waals surface area contributed by atoms with Crippen LogP contribution in [0.2, 0.25) is 0 Å². The van der Waals surface area contributed by atoms with E-state index in [9.17, 15) is 14.5 Å². The Morgan fingerprint density at radius 1 is 1.53 bits per heavy atom. The van der Waals surface area contributed by atoms with Gasteiger partial charge in [-0.1, -0.05) is 0 Å². The van der Waals surface area contributed by atoms with Gasteiger partial charge < -0.3 is 11.5 Å². The van der Waals surface area contributed by atoms with Crippen molar-refractivity contribution in [2.24, 2.45) is 11.5 Å². The van der Waals surface area contributed by atoms with E-state index in [1.807, 2.05) is 0 Å². The maximum atomic E-state index is 12.9. The molecule has 4 N–H and O–H groups in total. The quantitative estimate of drug-likeness (QED) is 0.577. The van der Waals surface area contributed by atoms with E-state index in [4.69, 9.17) is 11.5 Å². The maximum absolute atomic E-state index is 12.9. The summed E-state index contributed by atoms with van der Waals surface area (Å²) in [5.74, 6) is -0.539. The number of halogens is 1. The second-order valence-electron chi connectivity index (χ2n) is 3.14. The molecule has 0 spiro atoms. The van der Waals surface area contributed by atoms with Crippen LogP contribution in [0.3, 0.4) is 0 Å². The summed E-state index contributed by atoms with van der Waals surface area (Å²) in [6.07, 6.45) is 0.379. The molecule has 0 saturated carbocycles. The Balaban J connectivity index is 3.12. The summed E-state index contributed by atoms with van der Waals surface area (Å²) in [6.45, 7) is 0.300. The fraction of sp³-hybridized carbons (Fsp3) is 0.333. The Morgan fingerprint density at radius 2 is 2.20 bits per heavy atom. The summed E-state index contributed by atoms with van der Waals surface area (Å²) in [6, 6.07) is 2.63. The Hall–Kier alpha value is -1.53. The van der Waals surface area contributed by atoms with Crippen molar-refractivity contribution in [2.45, 2.75) is 12.5 Å². The lowest BCUT2D eigenvalue weighted by molar-refractivity contribution is -0.385. The Bertz CT molecular complexity index is 370. The molecule has 0 aliphatic carbocycles. The maximum Gasteiger partial charge on any atom is 0.274 e. The smallest absolute Gasteiger partial charge is 0.274 e. The normalized spacial score (nSPS) is 12.5. The SMILES string of the molecule is NCC[C@@H](N)c1cc(F)ccc1[N+](=O)[O-]. The molecule has 5 nitrogen and oxygen atoms in total. The third-order valence-electron chi connectivity index (χ3n) is 2.06. The van der Waals surface area contributed by atoms with Gasteiger partial charge in [0, 0.05) is 17.7 Å². The molecule has 0 aliphatic heterocycles. The van der Waals surface area contributed by atoms with E-state index in [0.717, 1.165) is 18.2 Å². The molecule has 0 unspecified atom stereocenters. The lowest BCUT2D eigenvalue weighted by Crippen LogP contribution is -2.16. The van der Waals surface area contributed by atoms with Crippen molar-refractivity contribution in [1.82, 2.24) is 0 Å². The van der Waals surface area contributed by atoms with Gasteiger partial charge in [-0.15, -0.1) is 0 Å². The highest BCUT2D eigenvalue weighted by Crippen LogP contribution is 2.25. The van der Waals surface area contributed by atoms with Crippen LogP contribution in [-0.4, -0.2) is 11.5 Å². The molecule has 0 aliphatic rings. The second kappa shape index (κ2) is 4.81. The van der Waals surface area contributed by atoms with E-state index >= 15 is 0 Å². The van der Waals surface area contributed by atoms with Crippen molar-refractivity contribution in [2.75, 3.05) is 6.54 Å². The fourth-order valence-corrected chi connectivity index (χ4v) is 1.32. The van der Waals surface area contributed by atoms with Crippen LogP contribution in [0.1, 0.15) is 18.0 Å². The number of nitrogens with two attached hydrogens (primary N) is 2. The Labute approximate surface area is 86.0 Å². The van der Waals surface area contributed by atoms with Crippen molar-refractivity contribution < 1.29 is 9.31 Å². The van der Waals surface area contributed by atoms with Crippen LogP contribution in [0, 0.1) is 15.9 Å². The highest BCUT2D eigenvalue weighted by molar-refractivity contribution is 5.42. The number of nitro benzene ring substituents is 1. The number of rotatable bonds is 4. The van der Waals surface area contributed by atoms with Crippen LogP contribution in [-0.2, 0) is 0 Å². The third kappa shape index (κ3) is 2.71. The molecule has 0 amide bonds. The average molecular weight is 213 g/mol. The van der Waals surface area contributed by atoms with Crippen LogP contribution in [0.5, 0.6) is 0 Å². The molecule has 0 aromatic heterocycles. The standard InChI is InChI=1S/C9H12FN3O2/c10-6-1-2-9(13(14)15)7(5-6)8(12)3-4-11/h1-2,5,8H,3-4,11-12H2/t8-/m1/s1. The molecule has 1 atom stereocenters. The molecule has 0 heterocycles. The molecular weight excluding hydrogens is 201 g/mol. The average Bonchev–Trinajstić information content (AvgIpc) is 2.17. The van der Waals surface area contributed by atoms with Gasteiger partial charge in [-0.25, -0.2) is 4.39 Å². The van der Waals surface area contributed by atoms with E-state index in [-0.39, 0.29) is 11.3 Å². The molecule has 0 fully saturated rings. The van der Waals surface area contributed by atoms with E-state index in [1.54, 1.807) is 0 Å². The summed E-state index contributed by atoms with van der Waals surface area (Å²) >= 11 is 0. The van der Waals surface area contributed by atoms with Crippen molar-refractivity contribution in [3.63, 3.8) is 0 Å². The largest absolute Gasteiger partial charge is 0.330 e. The van der Waals surface area contributed by atoms with Gasteiger partial charge in [0.1, 0.15) is 5.82 Å². The second-order valence-corrected chi connectivity index (χ2v) is 3.14. The summed E-state index contributed by atoms with van der Waals surface area (Å²) in [4.78, 5) is 10.1. The monoisotopic (exact) mass is 213 g/mol. The third-order valence-corrected chi connectivity index (χ3v) is 2.06. The number of nitrogens with zero attached hydrogens (tertiary/aromatic N) is 1. The van der Waals surface area contributed by atoms with E-state index in [2.05, 4.69) is 0 Å². The topological polar surface area (TPSA) is 95.2 Å². The van der Waals surface area contributed by atoms with E-state index < -0.39 is 16.8 Å². The molecule has 0 saturated heterocycles. The van der Waals surface area contributed by atoms with Crippen LogP contribution in [0.15, 0.2) is 18.2 Å². The van der Waals surface area contributed by atoms with Crippen molar-refractivity contribution in [3.8, 4) is 0 Å². The first kappa shape index (κ1) is 11.5. The molecule has 1 aromatic carbocycles. The molecule has 82 valence electrons. The minimum Gasteiger partial charge on any atom is -0.330 e. The van der Waals surface area contributed by atoms with Crippen molar-refractivity contribution >= 4 is 5.69 Å². The number of hydrogen-bond acceptors (Lipinski definition) is 4. The number of nitro groups is 1. The van der Waals surface area contributed by atoms with E-state index in [1.165, 1.54) is 0 Å². The first-order valence-electron chi connectivity index (χ1n) is 4.45. The lowest BCUT2D eigenvalue weighted by Gasteiger charge is -2.10. The predicted molar refractivity (Wildman–Crippen MR) is 53.7 cm³/mol. The molecule has 1 rings (SSSR count). The number of hydrogen-bond donors (Lipinski definition) is 2. The molecule has 0 bridgehead atoms. The van der Waals surface area contributed by atoms with Crippen LogP contribution in [0.4, 0.5) is 10.1 Å². The van der Waals surface area contributed by atoms with Gasteiger partial charge in [0.05, 0.1) is 4.92 Å². The fourth-order valence-electron chi connectivity index (χ4n) is 1.32. The first-order valence-corrected chi connectivity index (χ1v) is 4.45. The van der Waals surface area contributed by atoms with Gasteiger partial charge in [-0.2, -0.15) is 0 Å². The Morgan fingerprint density at radius 3 is 2.73 bits per heavy atom. The van der Waals surface area contributed by atoms with Gasteiger partial charge in [0.25, 0.3) is 5.69 Å². The zero-order valence-electron chi connectivity index (χ0n) is 8.02. The summed E-state index contributed by atoms with van der Waals surface area (Å²) < 4.78 is 12.9. The Kier molecular flexibility index (Phi) is 3.70. The van der Waals surface area contributed by atoms with Crippen LogP contribution >= 0.6 is 0 Å². The molecule has 0 radical (unpaired) electrons. The zero-order valence-corrected chi connectivity index (χ0v) is 8.02. The van der Waals surface area contributed by atoms with Gasteiger partial charge in [-0.3, -0.25) is 10.1 Å². The lowest BCUT2D eigenvalue weighted by atomic mass is 10.0. The van der Waals surface area contributed by atoms with Gasteiger partial charge in [0.15, 0.2) is 0 Å². The van der Waals surface area contributed by atoms with Crippen molar-refractivity contribution in [1.29, 1.82) is 0 Å². The summed E-state index contributed by atoms with van der Waals surface area (Å²) in [5, 5.41) is 10.6. The first-order chi connectivity index (χ1) is 7.06. The highest BCUT2D eigenvalue weighted by Gasteiger charge is 2.19. The molecule has 6 heteroatoms. The van der Waals surface area contributed by atoms with Crippen LogP contribution < -0.4 is 11.5 Å². The molecule has 15 heavy (non-hydrogen) atoms. The van der Waals surface area contributed by atoms with Gasteiger partial charge in [0.2, 0.25) is 0 Å². The molecular formula is C9H12FN3O2. The van der Waals surface area contributed by atoms with E-state index in [0.29, 0.717) is 13.0 Å².